The second-order valence-electron chi connectivity index (χ2n) is 7.41. The van der Waals surface area contributed by atoms with Crippen molar-refractivity contribution in [3.05, 3.63) is 83.9 Å². The van der Waals surface area contributed by atoms with Crippen LogP contribution in [0.15, 0.2) is 77.7 Å². The summed E-state index contributed by atoms with van der Waals surface area (Å²) in [7, 11) is 0. The summed E-state index contributed by atoms with van der Waals surface area (Å²) in [4.78, 5) is 25.5. The number of carbonyl (C=O) groups excluding carboxylic acids is 2. The Hall–Kier alpha value is -3.25. The minimum absolute atomic E-state index is 0.0774. The first kappa shape index (κ1) is 23.4. The van der Waals surface area contributed by atoms with Gasteiger partial charge in [0, 0.05) is 21.8 Å². The first-order valence-corrected chi connectivity index (χ1v) is 11.7. The number of benzene rings is 3. The summed E-state index contributed by atoms with van der Waals surface area (Å²) in [5.74, 6) is 0.877. The van der Waals surface area contributed by atoms with Crippen molar-refractivity contribution < 1.29 is 14.3 Å². The summed E-state index contributed by atoms with van der Waals surface area (Å²) in [6, 6.07) is 22.3. The van der Waals surface area contributed by atoms with Crippen LogP contribution in [0.2, 0.25) is 0 Å². The zero-order valence-corrected chi connectivity index (χ0v) is 19.2. The summed E-state index contributed by atoms with van der Waals surface area (Å²) in [5, 5.41) is 5.78. The van der Waals surface area contributed by atoms with E-state index in [1.807, 2.05) is 67.6 Å². The molecular weight excluding hydrogens is 420 g/mol. The molecule has 0 atom stereocenters. The molecule has 6 heteroatoms. The predicted octanol–water partition coefficient (Wildman–Crippen LogP) is 6.16. The van der Waals surface area contributed by atoms with E-state index in [0.717, 1.165) is 34.7 Å². The molecule has 0 spiro atoms. The van der Waals surface area contributed by atoms with Crippen LogP contribution >= 0.6 is 11.8 Å². The summed E-state index contributed by atoms with van der Waals surface area (Å²) in [5.41, 5.74) is 3.19. The second kappa shape index (κ2) is 12.0. The smallest absolute Gasteiger partial charge is 0.255 e. The number of anilines is 2. The van der Waals surface area contributed by atoms with Crippen LogP contribution in [0.1, 0.15) is 35.7 Å². The highest BCUT2D eigenvalue weighted by Crippen LogP contribution is 2.22. The first-order valence-electron chi connectivity index (χ1n) is 10.7. The normalized spacial score (nSPS) is 10.4. The first-order chi connectivity index (χ1) is 15.5. The Balaban J connectivity index is 1.43. The Bertz CT molecular complexity index is 1020. The minimum Gasteiger partial charge on any atom is -0.494 e. The van der Waals surface area contributed by atoms with E-state index < -0.39 is 0 Å². The van der Waals surface area contributed by atoms with Gasteiger partial charge >= 0.3 is 0 Å². The lowest BCUT2D eigenvalue weighted by molar-refractivity contribution is -0.113. The molecule has 0 fully saturated rings. The van der Waals surface area contributed by atoms with E-state index >= 15 is 0 Å². The van der Waals surface area contributed by atoms with Crippen molar-refractivity contribution in [2.75, 3.05) is 23.0 Å². The van der Waals surface area contributed by atoms with Crippen molar-refractivity contribution in [2.45, 2.75) is 31.6 Å². The monoisotopic (exact) mass is 448 g/mol. The molecule has 166 valence electrons. The molecule has 2 amide bonds. The molecule has 3 aromatic rings. The average molecular weight is 449 g/mol. The van der Waals surface area contributed by atoms with Gasteiger partial charge in [0.25, 0.3) is 5.91 Å². The predicted molar refractivity (Wildman–Crippen MR) is 132 cm³/mol. The molecule has 0 saturated carbocycles. The number of amides is 2. The number of hydrogen-bond acceptors (Lipinski definition) is 4. The summed E-state index contributed by atoms with van der Waals surface area (Å²) in [6.45, 7) is 4.81. The third kappa shape index (κ3) is 7.46. The quantitative estimate of drug-likeness (QED) is 0.288. The zero-order valence-electron chi connectivity index (χ0n) is 18.4. The third-order valence-electron chi connectivity index (χ3n) is 4.70. The average Bonchev–Trinajstić information content (AvgIpc) is 2.80. The van der Waals surface area contributed by atoms with Crippen molar-refractivity contribution in [3.63, 3.8) is 0 Å². The van der Waals surface area contributed by atoms with Gasteiger partial charge in [0.15, 0.2) is 0 Å². The molecule has 2 N–H and O–H groups in total. The molecule has 0 aromatic heterocycles. The van der Waals surface area contributed by atoms with Gasteiger partial charge in [0.05, 0.1) is 12.4 Å². The SMILES string of the molecule is CCCCOc1ccc(NC(=O)CSc2ccc(NC(=O)c3ccc(C)cc3)cc2)cc1. The summed E-state index contributed by atoms with van der Waals surface area (Å²) < 4.78 is 5.63. The Kier molecular flexibility index (Phi) is 8.75. The number of ether oxygens (including phenoxy) is 1. The van der Waals surface area contributed by atoms with Gasteiger partial charge in [-0.25, -0.2) is 0 Å². The lowest BCUT2D eigenvalue weighted by atomic mass is 10.1. The van der Waals surface area contributed by atoms with Gasteiger partial charge in [-0.1, -0.05) is 31.0 Å². The van der Waals surface area contributed by atoms with E-state index in [-0.39, 0.29) is 11.8 Å². The highest BCUT2D eigenvalue weighted by Gasteiger charge is 2.07. The van der Waals surface area contributed by atoms with Crippen LogP contribution in [0.25, 0.3) is 0 Å². The summed E-state index contributed by atoms with van der Waals surface area (Å²) >= 11 is 1.44. The molecule has 0 radical (unpaired) electrons. The van der Waals surface area contributed by atoms with Crippen molar-refractivity contribution in [3.8, 4) is 5.75 Å². The molecule has 0 bridgehead atoms. The van der Waals surface area contributed by atoms with Crippen LogP contribution < -0.4 is 15.4 Å². The molecule has 32 heavy (non-hydrogen) atoms. The fourth-order valence-electron chi connectivity index (χ4n) is 2.86. The Morgan fingerprint density at radius 1 is 0.844 bits per heavy atom. The second-order valence-corrected chi connectivity index (χ2v) is 8.46. The van der Waals surface area contributed by atoms with Crippen LogP contribution in [0, 0.1) is 6.92 Å². The van der Waals surface area contributed by atoms with Crippen molar-refractivity contribution in [1.82, 2.24) is 0 Å². The van der Waals surface area contributed by atoms with Gasteiger partial charge in [-0.2, -0.15) is 0 Å². The van der Waals surface area contributed by atoms with E-state index in [1.165, 1.54) is 11.8 Å². The number of thioether (sulfide) groups is 1. The zero-order chi connectivity index (χ0) is 22.8. The van der Waals surface area contributed by atoms with Gasteiger partial charge in [-0.15, -0.1) is 11.8 Å². The molecule has 0 heterocycles. The van der Waals surface area contributed by atoms with Crippen molar-refractivity contribution in [1.29, 1.82) is 0 Å². The molecular formula is C26H28N2O3S. The number of nitrogens with one attached hydrogen (secondary N) is 2. The molecule has 0 aliphatic rings. The molecule has 0 aliphatic heterocycles. The molecule has 5 nitrogen and oxygen atoms in total. The maximum atomic E-state index is 12.3. The maximum absolute atomic E-state index is 12.3. The standard InChI is InChI=1S/C26H28N2O3S/c1-3-4-17-31-23-13-9-21(10-14-23)27-25(29)18-32-24-15-11-22(12-16-24)28-26(30)20-7-5-19(2)6-8-20/h5-16H,3-4,17-18H2,1-2H3,(H,27,29)(H,28,30). The number of carbonyl (C=O) groups is 2. The van der Waals surface area contributed by atoms with Crippen LogP contribution in [-0.4, -0.2) is 24.2 Å². The van der Waals surface area contributed by atoms with Gasteiger partial charge < -0.3 is 15.4 Å². The Labute approximate surface area is 193 Å². The molecule has 0 aliphatic carbocycles. The number of unbranched alkanes of at least 4 members (excludes halogenated alkanes) is 1. The lowest BCUT2D eigenvalue weighted by Crippen LogP contribution is -2.14. The fourth-order valence-corrected chi connectivity index (χ4v) is 3.56. The van der Waals surface area contributed by atoms with E-state index in [0.29, 0.717) is 23.6 Å². The minimum atomic E-state index is -0.147. The van der Waals surface area contributed by atoms with Crippen LogP contribution in [-0.2, 0) is 4.79 Å². The highest BCUT2D eigenvalue weighted by atomic mass is 32.2. The Morgan fingerprint density at radius 2 is 1.47 bits per heavy atom. The molecule has 0 unspecified atom stereocenters. The lowest BCUT2D eigenvalue weighted by Gasteiger charge is -2.09. The molecule has 3 rings (SSSR count). The fraction of sp³-hybridized carbons (Fsp3) is 0.231. The topological polar surface area (TPSA) is 67.4 Å². The molecule has 0 saturated heterocycles. The number of hydrogen-bond donors (Lipinski definition) is 2. The van der Waals surface area contributed by atoms with Crippen LogP contribution in [0.4, 0.5) is 11.4 Å². The van der Waals surface area contributed by atoms with E-state index in [4.69, 9.17) is 4.74 Å². The van der Waals surface area contributed by atoms with E-state index in [2.05, 4.69) is 17.6 Å². The van der Waals surface area contributed by atoms with Gasteiger partial charge in [-0.3, -0.25) is 9.59 Å². The van der Waals surface area contributed by atoms with Crippen LogP contribution in [0.3, 0.4) is 0 Å². The van der Waals surface area contributed by atoms with Gasteiger partial charge in [0.2, 0.25) is 5.91 Å². The van der Waals surface area contributed by atoms with E-state index in [9.17, 15) is 9.59 Å². The largest absolute Gasteiger partial charge is 0.494 e. The van der Waals surface area contributed by atoms with Crippen molar-refractivity contribution >= 4 is 35.0 Å². The van der Waals surface area contributed by atoms with Crippen LogP contribution in [0.5, 0.6) is 5.75 Å². The molecule has 3 aromatic carbocycles. The number of rotatable bonds is 10. The van der Waals surface area contributed by atoms with Crippen molar-refractivity contribution in [2.24, 2.45) is 0 Å². The highest BCUT2D eigenvalue weighted by molar-refractivity contribution is 8.00. The van der Waals surface area contributed by atoms with E-state index in [1.54, 1.807) is 12.1 Å². The maximum Gasteiger partial charge on any atom is 0.255 e. The third-order valence-corrected chi connectivity index (χ3v) is 5.71. The van der Waals surface area contributed by atoms with Gasteiger partial charge in [0.1, 0.15) is 5.75 Å². The summed E-state index contributed by atoms with van der Waals surface area (Å²) in [6.07, 6.45) is 2.12. The van der Waals surface area contributed by atoms with Gasteiger partial charge in [-0.05, 0) is 74.0 Å². The Morgan fingerprint density at radius 3 is 2.12 bits per heavy atom. The number of aryl methyl sites for hydroxylation is 1.